The Labute approximate surface area is 82.1 Å². The van der Waals surface area contributed by atoms with Crippen LogP contribution < -0.4 is 0 Å². The highest BCUT2D eigenvalue weighted by Crippen LogP contribution is 1.96. The van der Waals surface area contributed by atoms with Gasteiger partial charge in [-0.2, -0.15) is 0 Å². The molecule has 1 rings (SSSR count). The van der Waals surface area contributed by atoms with Crippen LogP contribution in [0.3, 0.4) is 0 Å². The van der Waals surface area contributed by atoms with Crippen LogP contribution in [0.1, 0.15) is 12.8 Å². The molecule has 0 aliphatic carbocycles. The van der Waals surface area contributed by atoms with Gasteiger partial charge < -0.3 is 14.2 Å². The first kappa shape index (κ1) is 10.4. The van der Waals surface area contributed by atoms with E-state index in [9.17, 15) is 4.79 Å². The summed E-state index contributed by atoms with van der Waals surface area (Å²) in [6.45, 7) is 1.13. The average molecular weight is 204 g/mol. The van der Waals surface area contributed by atoms with Gasteiger partial charge in [-0.25, -0.2) is 4.79 Å². The van der Waals surface area contributed by atoms with E-state index in [2.05, 4.69) is 0 Å². The Morgan fingerprint density at radius 3 is 2.54 bits per heavy atom. The van der Waals surface area contributed by atoms with Crippen molar-refractivity contribution in [3.8, 4) is 0 Å². The summed E-state index contributed by atoms with van der Waals surface area (Å²) >= 11 is 4.84. The molecule has 0 radical (unpaired) electrons. The van der Waals surface area contributed by atoms with Crippen molar-refractivity contribution >= 4 is 23.2 Å². The topological polar surface area (TPSA) is 44.8 Å². The molecule has 1 fully saturated rings. The number of thiocarbonyl (C=S) groups is 1. The zero-order chi connectivity index (χ0) is 9.52. The van der Waals surface area contributed by atoms with Crippen molar-refractivity contribution in [1.82, 2.24) is 0 Å². The monoisotopic (exact) mass is 204 g/mol. The maximum absolute atomic E-state index is 10.9. The predicted molar refractivity (Wildman–Crippen MR) is 49.6 cm³/mol. The molecule has 0 bridgehead atoms. The van der Waals surface area contributed by atoms with Gasteiger partial charge in [-0.05, 0) is 25.1 Å². The lowest BCUT2D eigenvalue weighted by molar-refractivity contribution is -0.148. The fraction of sp³-hybridized carbons (Fsp3) is 0.750. The minimum atomic E-state index is -0.343. The van der Waals surface area contributed by atoms with E-state index in [1.807, 2.05) is 0 Å². The molecule has 13 heavy (non-hydrogen) atoms. The molecule has 1 saturated heterocycles. The highest BCUT2D eigenvalue weighted by Gasteiger charge is 2.06. The molecule has 0 aromatic rings. The number of carbonyl (C=O) groups is 1. The van der Waals surface area contributed by atoms with Crippen LogP contribution in [-0.4, -0.2) is 37.4 Å². The van der Waals surface area contributed by atoms with E-state index in [-0.39, 0.29) is 19.2 Å². The van der Waals surface area contributed by atoms with Gasteiger partial charge in [0.05, 0.1) is 13.2 Å². The molecule has 0 atom stereocenters. The van der Waals surface area contributed by atoms with E-state index in [0.717, 1.165) is 12.8 Å². The molecular weight excluding hydrogens is 192 g/mol. The first-order chi connectivity index (χ1) is 6.29. The smallest absolute Gasteiger partial charge is 0.332 e. The summed E-state index contributed by atoms with van der Waals surface area (Å²) in [5.74, 6) is -0.343. The lowest BCUT2D eigenvalue weighted by Gasteiger charge is -2.04. The van der Waals surface area contributed by atoms with Crippen molar-refractivity contribution in [2.24, 2.45) is 0 Å². The van der Waals surface area contributed by atoms with Crippen LogP contribution in [0.5, 0.6) is 0 Å². The standard InChI is InChI=1S/C8H12O4S/c9-7-5-10-6-8(13)12-4-2-1-3-11-7/h1-6H2. The molecule has 1 aliphatic rings. The summed E-state index contributed by atoms with van der Waals surface area (Å²) in [4.78, 5) is 10.9. The Morgan fingerprint density at radius 2 is 1.77 bits per heavy atom. The van der Waals surface area contributed by atoms with Crippen molar-refractivity contribution in [2.75, 3.05) is 26.4 Å². The van der Waals surface area contributed by atoms with Crippen LogP contribution in [0.2, 0.25) is 0 Å². The fourth-order valence-electron chi connectivity index (χ4n) is 0.877. The molecule has 0 amide bonds. The number of hydrogen-bond acceptors (Lipinski definition) is 5. The second kappa shape index (κ2) is 5.88. The Bertz CT molecular complexity index is 173. The number of hydrogen-bond donors (Lipinski definition) is 0. The van der Waals surface area contributed by atoms with Crippen LogP contribution in [0, 0.1) is 0 Å². The van der Waals surface area contributed by atoms with E-state index in [1.54, 1.807) is 0 Å². The van der Waals surface area contributed by atoms with Crippen molar-refractivity contribution in [2.45, 2.75) is 12.8 Å². The Balaban J connectivity index is 2.31. The molecule has 0 spiro atoms. The SMILES string of the molecule is O=C1COCC(=S)OCCCCO1. The molecule has 4 nitrogen and oxygen atoms in total. The summed E-state index contributed by atoms with van der Waals surface area (Å²) in [5.41, 5.74) is 0. The number of carbonyl (C=O) groups excluding carboxylic acids is 1. The third-order valence-corrected chi connectivity index (χ3v) is 1.74. The van der Waals surface area contributed by atoms with Crippen molar-refractivity contribution < 1.29 is 19.0 Å². The van der Waals surface area contributed by atoms with E-state index in [0.29, 0.717) is 18.3 Å². The van der Waals surface area contributed by atoms with E-state index in [1.165, 1.54) is 0 Å². The molecular formula is C8H12O4S. The van der Waals surface area contributed by atoms with Gasteiger partial charge in [-0.15, -0.1) is 0 Å². The number of esters is 1. The van der Waals surface area contributed by atoms with Gasteiger partial charge >= 0.3 is 5.97 Å². The second-order valence-corrected chi connectivity index (χ2v) is 3.10. The molecule has 1 aliphatic heterocycles. The molecule has 0 aromatic heterocycles. The molecule has 74 valence electrons. The lowest BCUT2D eigenvalue weighted by Crippen LogP contribution is -2.16. The summed E-state index contributed by atoms with van der Waals surface area (Å²) in [5, 5.41) is 0.398. The Hall–Kier alpha value is -0.680. The summed E-state index contributed by atoms with van der Waals surface area (Å²) in [7, 11) is 0. The van der Waals surface area contributed by atoms with Crippen molar-refractivity contribution in [3.05, 3.63) is 0 Å². The zero-order valence-electron chi connectivity index (χ0n) is 7.28. The van der Waals surface area contributed by atoms with Crippen LogP contribution >= 0.6 is 12.2 Å². The van der Waals surface area contributed by atoms with Gasteiger partial charge in [-0.3, -0.25) is 0 Å². The normalized spacial score (nSPS) is 21.2. The predicted octanol–water partition coefficient (Wildman–Crippen LogP) is 0.684. The maximum atomic E-state index is 10.9. The van der Waals surface area contributed by atoms with Gasteiger partial charge in [0.15, 0.2) is 5.05 Å². The number of rotatable bonds is 0. The maximum Gasteiger partial charge on any atom is 0.332 e. The minimum absolute atomic E-state index is 0.0521. The van der Waals surface area contributed by atoms with Crippen molar-refractivity contribution in [3.63, 3.8) is 0 Å². The number of cyclic esters (lactones) is 1. The van der Waals surface area contributed by atoms with Crippen LogP contribution in [-0.2, 0) is 19.0 Å². The summed E-state index contributed by atoms with van der Waals surface area (Å²) < 4.78 is 14.9. The minimum Gasteiger partial charge on any atom is -0.485 e. The van der Waals surface area contributed by atoms with Crippen LogP contribution in [0.4, 0.5) is 0 Å². The van der Waals surface area contributed by atoms with Gasteiger partial charge in [0.25, 0.3) is 0 Å². The van der Waals surface area contributed by atoms with Gasteiger partial charge in [0.2, 0.25) is 0 Å². The summed E-state index contributed by atoms with van der Waals surface area (Å²) in [6.07, 6.45) is 1.64. The Morgan fingerprint density at radius 1 is 1.08 bits per heavy atom. The van der Waals surface area contributed by atoms with E-state index in [4.69, 9.17) is 26.4 Å². The van der Waals surface area contributed by atoms with Crippen LogP contribution in [0.25, 0.3) is 0 Å². The molecule has 0 saturated carbocycles. The highest BCUT2D eigenvalue weighted by molar-refractivity contribution is 7.80. The van der Waals surface area contributed by atoms with Crippen molar-refractivity contribution in [1.29, 1.82) is 0 Å². The van der Waals surface area contributed by atoms with Gasteiger partial charge in [0.1, 0.15) is 13.2 Å². The third kappa shape index (κ3) is 4.80. The van der Waals surface area contributed by atoms with E-state index >= 15 is 0 Å². The quantitative estimate of drug-likeness (QED) is 0.429. The highest BCUT2D eigenvalue weighted by atomic mass is 32.1. The molecule has 0 unspecified atom stereocenters. The van der Waals surface area contributed by atoms with Gasteiger partial charge in [0, 0.05) is 0 Å². The average Bonchev–Trinajstić information content (AvgIpc) is 2.13. The number of ether oxygens (including phenoxy) is 3. The zero-order valence-corrected chi connectivity index (χ0v) is 8.10. The lowest BCUT2D eigenvalue weighted by atomic mass is 10.3. The molecule has 0 aromatic carbocycles. The largest absolute Gasteiger partial charge is 0.485 e. The third-order valence-electron chi connectivity index (χ3n) is 1.50. The molecule has 5 heteroatoms. The molecule has 1 heterocycles. The first-order valence-electron chi connectivity index (χ1n) is 4.18. The van der Waals surface area contributed by atoms with Crippen LogP contribution in [0.15, 0.2) is 0 Å². The summed E-state index contributed by atoms with van der Waals surface area (Å²) in [6, 6.07) is 0. The second-order valence-electron chi connectivity index (χ2n) is 2.64. The molecule has 0 N–H and O–H groups in total. The van der Waals surface area contributed by atoms with Gasteiger partial charge in [-0.1, -0.05) is 0 Å². The van der Waals surface area contributed by atoms with E-state index < -0.39 is 0 Å². The first-order valence-corrected chi connectivity index (χ1v) is 4.59. The fourth-order valence-corrected chi connectivity index (χ4v) is 1.04. The Kier molecular flexibility index (Phi) is 4.70.